The monoisotopic (exact) mass is 380 g/mol. The third kappa shape index (κ3) is 4.70. The summed E-state index contributed by atoms with van der Waals surface area (Å²) in [4.78, 5) is 25.0. The second kappa shape index (κ2) is 9.07. The first-order valence-electron chi connectivity index (χ1n) is 9.27. The van der Waals surface area contributed by atoms with Crippen LogP contribution in [-0.4, -0.2) is 44.3 Å². The number of nitrogens with one attached hydrogen (secondary N) is 2. The van der Waals surface area contributed by atoms with Crippen LogP contribution in [0.1, 0.15) is 40.8 Å². The highest BCUT2D eigenvalue weighted by Gasteiger charge is 2.13. The van der Waals surface area contributed by atoms with Crippen molar-refractivity contribution in [2.24, 2.45) is 0 Å². The van der Waals surface area contributed by atoms with E-state index in [-0.39, 0.29) is 0 Å². The Morgan fingerprint density at radius 3 is 2.82 bits per heavy atom. The lowest BCUT2D eigenvalue weighted by Crippen LogP contribution is -2.08. The molecule has 8 heteroatoms. The van der Waals surface area contributed by atoms with Crippen LogP contribution in [0.25, 0.3) is 11.1 Å². The second-order valence-electron chi connectivity index (χ2n) is 6.41. The molecular weight excluding hydrogens is 356 g/mol. The highest BCUT2D eigenvalue weighted by molar-refractivity contribution is 5.91. The number of carbonyl (C=O) groups is 1. The van der Waals surface area contributed by atoms with Crippen molar-refractivity contribution in [2.75, 3.05) is 18.5 Å². The molecule has 0 saturated carbocycles. The fourth-order valence-corrected chi connectivity index (χ4v) is 2.84. The van der Waals surface area contributed by atoms with Gasteiger partial charge in [0.25, 0.3) is 0 Å². The zero-order valence-electron chi connectivity index (χ0n) is 16.3. The van der Waals surface area contributed by atoms with E-state index in [1.807, 2.05) is 20.0 Å². The molecule has 3 rings (SSSR count). The third-order valence-electron chi connectivity index (χ3n) is 4.32. The molecule has 3 heterocycles. The van der Waals surface area contributed by atoms with Crippen molar-refractivity contribution in [1.82, 2.24) is 25.1 Å². The van der Waals surface area contributed by atoms with Crippen LogP contribution >= 0.6 is 0 Å². The van der Waals surface area contributed by atoms with E-state index < -0.39 is 5.97 Å². The van der Waals surface area contributed by atoms with Gasteiger partial charge in [0.2, 0.25) is 0 Å². The van der Waals surface area contributed by atoms with Gasteiger partial charge < -0.3 is 10.1 Å². The van der Waals surface area contributed by atoms with Gasteiger partial charge in [0.1, 0.15) is 11.6 Å². The summed E-state index contributed by atoms with van der Waals surface area (Å²) in [6.45, 7) is 6.71. The number of H-pyrrole nitrogens is 1. The molecule has 0 bridgehead atoms. The first-order chi connectivity index (χ1) is 13.6. The summed E-state index contributed by atoms with van der Waals surface area (Å²) in [7, 11) is 0. The molecule has 0 atom stereocenters. The molecule has 0 aliphatic rings. The average molecular weight is 380 g/mol. The quantitative estimate of drug-likeness (QED) is 0.457. The van der Waals surface area contributed by atoms with Crippen LogP contribution < -0.4 is 5.32 Å². The predicted molar refractivity (Wildman–Crippen MR) is 106 cm³/mol. The van der Waals surface area contributed by atoms with Crippen LogP contribution in [0.2, 0.25) is 0 Å². The Kier molecular flexibility index (Phi) is 6.31. The molecule has 28 heavy (non-hydrogen) atoms. The van der Waals surface area contributed by atoms with E-state index >= 15 is 0 Å². The summed E-state index contributed by atoms with van der Waals surface area (Å²) in [5.74, 6) is 1.00. The topological polar surface area (TPSA) is 106 Å². The molecule has 0 aliphatic heterocycles. The number of aromatic nitrogens is 5. The largest absolute Gasteiger partial charge is 0.462 e. The number of aryl methyl sites for hydroxylation is 3. The van der Waals surface area contributed by atoms with Gasteiger partial charge >= 0.3 is 5.97 Å². The van der Waals surface area contributed by atoms with E-state index in [0.29, 0.717) is 18.0 Å². The molecule has 0 fully saturated rings. The number of anilines is 1. The van der Waals surface area contributed by atoms with Crippen molar-refractivity contribution >= 4 is 11.8 Å². The minimum absolute atomic E-state index is 0.319. The van der Waals surface area contributed by atoms with Crippen molar-refractivity contribution in [3.05, 3.63) is 53.5 Å². The van der Waals surface area contributed by atoms with E-state index in [0.717, 1.165) is 42.0 Å². The summed E-state index contributed by atoms with van der Waals surface area (Å²) >= 11 is 0. The van der Waals surface area contributed by atoms with Crippen LogP contribution in [0.3, 0.4) is 0 Å². The van der Waals surface area contributed by atoms with Crippen LogP contribution in [-0.2, 0) is 11.2 Å². The van der Waals surface area contributed by atoms with Gasteiger partial charge in [-0.25, -0.2) is 14.8 Å². The number of carbonyl (C=O) groups excluding carboxylic acids is 1. The molecule has 0 saturated heterocycles. The van der Waals surface area contributed by atoms with Gasteiger partial charge in [0.05, 0.1) is 18.4 Å². The van der Waals surface area contributed by atoms with E-state index in [1.54, 1.807) is 25.4 Å². The smallest absolute Gasteiger partial charge is 0.339 e. The van der Waals surface area contributed by atoms with Crippen LogP contribution in [0.4, 0.5) is 5.82 Å². The number of ether oxygens (including phenoxy) is 1. The number of hydrogen-bond donors (Lipinski definition) is 2. The van der Waals surface area contributed by atoms with Crippen LogP contribution in [0.5, 0.6) is 0 Å². The summed E-state index contributed by atoms with van der Waals surface area (Å²) < 4.78 is 5.06. The van der Waals surface area contributed by atoms with Gasteiger partial charge in [-0.05, 0) is 45.2 Å². The fourth-order valence-electron chi connectivity index (χ4n) is 2.84. The molecule has 0 aromatic carbocycles. The van der Waals surface area contributed by atoms with E-state index in [2.05, 4.69) is 30.5 Å². The molecule has 8 nitrogen and oxygen atoms in total. The number of pyridine rings is 1. The number of esters is 1. The van der Waals surface area contributed by atoms with E-state index in [9.17, 15) is 4.79 Å². The minimum atomic E-state index is -0.394. The molecule has 0 unspecified atom stereocenters. The lowest BCUT2D eigenvalue weighted by molar-refractivity contribution is 0.0526. The molecule has 2 N–H and O–H groups in total. The van der Waals surface area contributed by atoms with Crippen LogP contribution in [0, 0.1) is 13.8 Å². The second-order valence-corrected chi connectivity index (χ2v) is 6.41. The van der Waals surface area contributed by atoms with Crippen molar-refractivity contribution < 1.29 is 9.53 Å². The number of nitrogens with zero attached hydrogens (tertiary/aromatic N) is 4. The third-order valence-corrected chi connectivity index (χ3v) is 4.32. The molecular formula is C20H24N6O2. The molecule has 3 aromatic heterocycles. The van der Waals surface area contributed by atoms with Crippen molar-refractivity contribution in [3.63, 3.8) is 0 Å². The lowest BCUT2D eigenvalue weighted by Gasteiger charge is -2.12. The molecule has 0 aliphatic carbocycles. The molecule has 0 radical (unpaired) electrons. The summed E-state index contributed by atoms with van der Waals surface area (Å²) in [6, 6.07) is 1.75. The highest BCUT2D eigenvalue weighted by atomic mass is 16.5. The Bertz CT molecular complexity index is 953. The van der Waals surface area contributed by atoms with Crippen molar-refractivity contribution in [1.29, 1.82) is 0 Å². The Morgan fingerprint density at radius 2 is 2.07 bits per heavy atom. The summed E-state index contributed by atoms with van der Waals surface area (Å²) in [5, 5.41) is 10.4. The molecule has 0 spiro atoms. The SMILES string of the molecule is CCOC(=O)c1cncc(-c2cnc(C)nc2NCCCc2cn[nH]c2C)c1. The maximum atomic E-state index is 12.0. The molecule has 3 aromatic rings. The Morgan fingerprint density at radius 1 is 1.21 bits per heavy atom. The first-order valence-corrected chi connectivity index (χ1v) is 9.27. The van der Waals surface area contributed by atoms with E-state index in [1.165, 1.54) is 11.8 Å². The number of hydrogen-bond acceptors (Lipinski definition) is 7. The van der Waals surface area contributed by atoms with Gasteiger partial charge in [-0.3, -0.25) is 10.1 Å². The Labute approximate surface area is 163 Å². The fraction of sp³-hybridized carbons (Fsp3) is 0.350. The average Bonchev–Trinajstić information content (AvgIpc) is 3.10. The van der Waals surface area contributed by atoms with Gasteiger partial charge in [-0.2, -0.15) is 5.10 Å². The maximum absolute atomic E-state index is 12.0. The minimum Gasteiger partial charge on any atom is -0.462 e. The van der Waals surface area contributed by atoms with Crippen LogP contribution in [0.15, 0.2) is 30.9 Å². The molecule has 0 amide bonds. The summed E-state index contributed by atoms with van der Waals surface area (Å²) in [6.07, 6.45) is 8.66. The van der Waals surface area contributed by atoms with Gasteiger partial charge in [-0.15, -0.1) is 0 Å². The zero-order chi connectivity index (χ0) is 19.9. The molecule has 146 valence electrons. The standard InChI is InChI=1S/C20H24N6O2/c1-4-28-20(27)17-8-16(9-21-10-17)18-12-23-14(3)25-19(18)22-7-5-6-15-11-24-26-13(15)2/h8-12H,4-7H2,1-3H3,(H,24,26)(H,22,23,25). The lowest BCUT2D eigenvalue weighted by atomic mass is 10.1. The van der Waals surface area contributed by atoms with Gasteiger partial charge in [-0.1, -0.05) is 0 Å². The van der Waals surface area contributed by atoms with Crippen molar-refractivity contribution in [3.8, 4) is 11.1 Å². The van der Waals surface area contributed by atoms with Gasteiger partial charge in [0, 0.05) is 42.0 Å². The predicted octanol–water partition coefficient (Wildman–Crippen LogP) is 3.10. The normalized spacial score (nSPS) is 10.7. The van der Waals surface area contributed by atoms with Crippen molar-refractivity contribution in [2.45, 2.75) is 33.6 Å². The first kappa shape index (κ1) is 19.5. The zero-order valence-corrected chi connectivity index (χ0v) is 16.3. The van der Waals surface area contributed by atoms with E-state index in [4.69, 9.17) is 4.74 Å². The Hall–Kier alpha value is -3.29. The Balaban J connectivity index is 1.74. The summed E-state index contributed by atoms with van der Waals surface area (Å²) in [5.41, 5.74) is 4.27. The maximum Gasteiger partial charge on any atom is 0.339 e. The number of aromatic amines is 1. The highest BCUT2D eigenvalue weighted by Crippen LogP contribution is 2.26. The van der Waals surface area contributed by atoms with Gasteiger partial charge in [0.15, 0.2) is 0 Å². The number of rotatable bonds is 8.